The fourth-order valence-corrected chi connectivity index (χ4v) is 1.77. The number of aromatic carboxylic acids is 1. The third-order valence-corrected chi connectivity index (χ3v) is 2.65. The molecule has 0 aliphatic carbocycles. The lowest BCUT2D eigenvalue weighted by molar-refractivity contribution is -0.384. The van der Waals surface area contributed by atoms with Crippen molar-refractivity contribution in [1.29, 1.82) is 0 Å². The van der Waals surface area contributed by atoms with Gasteiger partial charge >= 0.3 is 5.97 Å². The van der Waals surface area contributed by atoms with E-state index >= 15 is 0 Å². The van der Waals surface area contributed by atoms with Crippen molar-refractivity contribution < 1.29 is 14.8 Å². The zero-order valence-corrected chi connectivity index (χ0v) is 10.3. The predicted octanol–water partition coefficient (Wildman–Crippen LogP) is 1.15. The summed E-state index contributed by atoms with van der Waals surface area (Å²) in [6.07, 6.45) is 1.20. The summed E-state index contributed by atoms with van der Waals surface area (Å²) in [6.45, 7) is 1.63. The first-order valence-corrected chi connectivity index (χ1v) is 5.49. The van der Waals surface area contributed by atoms with E-state index in [4.69, 9.17) is 5.11 Å². The van der Waals surface area contributed by atoms with Crippen LogP contribution in [0.4, 0.5) is 5.69 Å². The van der Waals surface area contributed by atoms with Crippen molar-refractivity contribution in [3.63, 3.8) is 0 Å². The summed E-state index contributed by atoms with van der Waals surface area (Å²) in [6, 6.07) is 5.43. The van der Waals surface area contributed by atoms with Gasteiger partial charge < -0.3 is 5.11 Å². The number of hydrogen-bond donors (Lipinski definition) is 1. The lowest BCUT2D eigenvalue weighted by atomic mass is 10.1. The minimum atomic E-state index is -1.49. The monoisotopic (exact) mass is 275 g/mol. The van der Waals surface area contributed by atoms with Crippen LogP contribution in [0, 0.1) is 17.0 Å². The first kappa shape index (κ1) is 13.4. The Kier molecular flexibility index (Phi) is 3.30. The van der Waals surface area contributed by atoms with Crippen molar-refractivity contribution in [1.82, 2.24) is 9.78 Å². The van der Waals surface area contributed by atoms with E-state index in [2.05, 4.69) is 5.10 Å². The van der Waals surface area contributed by atoms with Crippen LogP contribution in [0.25, 0.3) is 5.69 Å². The molecular weight excluding hydrogens is 266 g/mol. The Bertz CT molecular complexity index is 766. The maximum absolute atomic E-state index is 11.4. The van der Waals surface area contributed by atoms with Crippen molar-refractivity contribution in [2.45, 2.75) is 6.92 Å². The number of nitrogens with zero attached hydrogens (tertiary/aromatic N) is 3. The molecule has 0 fully saturated rings. The van der Waals surface area contributed by atoms with Gasteiger partial charge in [-0.2, -0.15) is 5.10 Å². The van der Waals surface area contributed by atoms with Crippen LogP contribution in [0.3, 0.4) is 0 Å². The van der Waals surface area contributed by atoms with Crippen LogP contribution in [0.1, 0.15) is 16.1 Å². The second-order valence-electron chi connectivity index (χ2n) is 3.98. The zero-order chi connectivity index (χ0) is 14.9. The first-order chi connectivity index (χ1) is 9.41. The Labute approximate surface area is 112 Å². The molecule has 0 atom stereocenters. The molecule has 2 aromatic rings. The number of carboxylic acids is 1. The van der Waals surface area contributed by atoms with Gasteiger partial charge in [-0.15, -0.1) is 0 Å². The summed E-state index contributed by atoms with van der Waals surface area (Å²) in [4.78, 5) is 32.7. The molecule has 20 heavy (non-hydrogen) atoms. The van der Waals surface area contributed by atoms with Gasteiger partial charge in [0.15, 0.2) is 0 Å². The highest BCUT2D eigenvalue weighted by Gasteiger charge is 2.19. The molecule has 0 saturated heterocycles. The molecule has 1 N–H and O–H groups in total. The molecule has 0 aliphatic heterocycles. The van der Waals surface area contributed by atoms with E-state index in [1.165, 1.54) is 18.3 Å². The number of aromatic nitrogens is 2. The van der Waals surface area contributed by atoms with Gasteiger partial charge in [-0.1, -0.05) is 12.1 Å². The molecule has 1 heterocycles. The second kappa shape index (κ2) is 4.92. The molecule has 8 heteroatoms. The fourth-order valence-electron chi connectivity index (χ4n) is 1.77. The highest BCUT2D eigenvalue weighted by molar-refractivity contribution is 5.84. The number of benzene rings is 1. The molecule has 2 rings (SSSR count). The number of aryl methyl sites for hydroxylation is 1. The molecule has 0 aliphatic rings. The normalized spacial score (nSPS) is 10.2. The lowest BCUT2D eigenvalue weighted by Crippen LogP contribution is -2.21. The minimum absolute atomic E-state index is 0.125. The van der Waals surface area contributed by atoms with Crippen LogP contribution in [0.2, 0.25) is 0 Å². The van der Waals surface area contributed by atoms with Crippen molar-refractivity contribution in [2.75, 3.05) is 0 Å². The van der Waals surface area contributed by atoms with E-state index in [0.717, 1.165) is 10.7 Å². The van der Waals surface area contributed by atoms with Crippen molar-refractivity contribution in [3.8, 4) is 5.69 Å². The molecular formula is C12H9N3O5. The average molecular weight is 275 g/mol. The number of rotatable bonds is 3. The smallest absolute Gasteiger partial charge is 0.360 e. The SMILES string of the molecule is Cc1cccc([N+](=O)[O-])c1-n1ccc(=O)c(C(=O)O)n1. The van der Waals surface area contributed by atoms with Gasteiger partial charge in [0.1, 0.15) is 5.69 Å². The summed E-state index contributed by atoms with van der Waals surface area (Å²) in [5.41, 5.74) is -1.01. The average Bonchev–Trinajstić information content (AvgIpc) is 2.39. The number of carboxylic acid groups (broad SMARTS) is 1. The lowest BCUT2D eigenvalue weighted by Gasteiger charge is -2.09. The molecule has 0 saturated carbocycles. The van der Waals surface area contributed by atoms with E-state index in [1.807, 2.05) is 0 Å². The fraction of sp³-hybridized carbons (Fsp3) is 0.0833. The summed E-state index contributed by atoms with van der Waals surface area (Å²) < 4.78 is 1.03. The molecule has 0 bridgehead atoms. The van der Waals surface area contributed by atoms with E-state index in [-0.39, 0.29) is 11.4 Å². The van der Waals surface area contributed by atoms with Gasteiger partial charge in [0.05, 0.1) is 4.92 Å². The van der Waals surface area contributed by atoms with Crippen LogP contribution in [0.5, 0.6) is 0 Å². The van der Waals surface area contributed by atoms with Crippen LogP contribution >= 0.6 is 0 Å². The Morgan fingerprint density at radius 1 is 1.40 bits per heavy atom. The summed E-state index contributed by atoms with van der Waals surface area (Å²) in [5.74, 6) is -1.49. The summed E-state index contributed by atoms with van der Waals surface area (Å²) >= 11 is 0. The molecule has 8 nitrogen and oxygen atoms in total. The molecule has 102 valence electrons. The number of nitro groups is 1. The number of hydrogen-bond acceptors (Lipinski definition) is 5. The molecule has 0 spiro atoms. The standard InChI is InChI=1S/C12H9N3O5/c1-7-3-2-4-8(15(19)20)11(7)14-6-5-9(16)10(13-14)12(17)18/h2-6H,1H3,(H,17,18). The maximum atomic E-state index is 11.4. The third-order valence-electron chi connectivity index (χ3n) is 2.65. The zero-order valence-electron chi connectivity index (χ0n) is 10.3. The van der Waals surface area contributed by atoms with E-state index in [9.17, 15) is 19.7 Å². The Morgan fingerprint density at radius 2 is 2.10 bits per heavy atom. The molecule has 0 amide bonds. The Balaban J connectivity index is 2.75. The third kappa shape index (κ3) is 2.26. The van der Waals surface area contributed by atoms with Crippen LogP contribution in [0.15, 0.2) is 35.3 Å². The minimum Gasteiger partial charge on any atom is -0.476 e. The predicted molar refractivity (Wildman–Crippen MR) is 68.2 cm³/mol. The molecule has 1 aromatic heterocycles. The van der Waals surface area contributed by atoms with Gasteiger partial charge in [-0.25, -0.2) is 9.48 Å². The Morgan fingerprint density at radius 3 is 2.70 bits per heavy atom. The molecule has 1 aromatic carbocycles. The number of carbonyl (C=O) groups is 1. The summed E-state index contributed by atoms with van der Waals surface area (Å²) in [5, 5.41) is 23.5. The van der Waals surface area contributed by atoms with Gasteiger partial charge in [-0.3, -0.25) is 14.9 Å². The van der Waals surface area contributed by atoms with E-state index in [0.29, 0.717) is 5.56 Å². The van der Waals surface area contributed by atoms with Crippen LogP contribution in [-0.4, -0.2) is 25.8 Å². The van der Waals surface area contributed by atoms with Crippen molar-refractivity contribution in [3.05, 3.63) is 62.1 Å². The molecule has 0 unspecified atom stereocenters. The van der Waals surface area contributed by atoms with Gasteiger partial charge in [0.25, 0.3) is 5.69 Å². The first-order valence-electron chi connectivity index (χ1n) is 5.49. The van der Waals surface area contributed by atoms with Crippen molar-refractivity contribution >= 4 is 11.7 Å². The summed E-state index contributed by atoms with van der Waals surface area (Å²) in [7, 11) is 0. The largest absolute Gasteiger partial charge is 0.476 e. The second-order valence-corrected chi connectivity index (χ2v) is 3.98. The number of nitro benzene ring substituents is 1. The maximum Gasteiger partial charge on any atom is 0.360 e. The van der Waals surface area contributed by atoms with Crippen LogP contribution in [-0.2, 0) is 0 Å². The van der Waals surface area contributed by atoms with Gasteiger partial charge in [0, 0.05) is 18.3 Å². The highest BCUT2D eigenvalue weighted by atomic mass is 16.6. The van der Waals surface area contributed by atoms with Crippen LogP contribution < -0.4 is 5.43 Å². The highest BCUT2D eigenvalue weighted by Crippen LogP contribution is 2.24. The molecule has 0 radical (unpaired) electrons. The number of para-hydroxylation sites is 1. The quantitative estimate of drug-likeness (QED) is 0.663. The van der Waals surface area contributed by atoms with Crippen molar-refractivity contribution in [2.24, 2.45) is 0 Å². The topological polar surface area (TPSA) is 115 Å². The van der Waals surface area contributed by atoms with E-state index in [1.54, 1.807) is 13.0 Å². The van der Waals surface area contributed by atoms with E-state index < -0.39 is 22.0 Å². The van der Waals surface area contributed by atoms with Gasteiger partial charge in [-0.05, 0) is 12.5 Å². The Hall–Kier alpha value is -3.03. The van der Waals surface area contributed by atoms with Gasteiger partial charge in [0.2, 0.25) is 11.1 Å².